The predicted octanol–water partition coefficient (Wildman–Crippen LogP) is 5.19. The maximum absolute atomic E-state index is 6.10. The van der Waals surface area contributed by atoms with Gasteiger partial charge in [-0.3, -0.25) is 0 Å². The Labute approximate surface area is 129 Å². The van der Waals surface area contributed by atoms with Gasteiger partial charge in [0.15, 0.2) is 0 Å². The fourth-order valence-electron chi connectivity index (χ4n) is 2.08. The number of benzene rings is 2. The van der Waals surface area contributed by atoms with E-state index in [1.807, 2.05) is 25.1 Å². The molecule has 0 unspecified atom stereocenters. The van der Waals surface area contributed by atoms with Crippen LogP contribution in [0.3, 0.4) is 0 Å². The molecule has 0 saturated heterocycles. The number of ether oxygens (including phenoxy) is 1. The number of rotatable bonds is 3. The van der Waals surface area contributed by atoms with Gasteiger partial charge in [0.2, 0.25) is 0 Å². The average molecular weight is 334 g/mol. The van der Waals surface area contributed by atoms with Gasteiger partial charge in [-0.15, -0.1) is 0 Å². The molecule has 2 N–H and O–H groups in total. The Balaban J connectivity index is 2.38. The minimum Gasteiger partial charge on any atom is -0.456 e. The first-order valence-corrected chi connectivity index (χ1v) is 7.49. The van der Waals surface area contributed by atoms with Crippen LogP contribution in [0, 0.1) is 20.8 Å². The highest BCUT2D eigenvalue weighted by Gasteiger charge is 2.11. The van der Waals surface area contributed by atoms with Crippen LogP contribution < -0.4 is 10.5 Å². The molecule has 0 saturated carbocycles. The van der Waals surface area contributed by atoms with Gasteiger partial charge in [-0.05, 0) is 78.0 Å². The van der Waals surface area contributed by atoms with Gasteiger partial charge in [-0.25, -0.2) is 0 Å². The van der Waals surface area contributed by atoms with E-state index < -0.39 is 0 Å². The molecule has 2 nitrogen and oxygen atoms in total. The summed E-state index contributed by atoms with van der Waals surface area (Å²) in [6.07, 6.45) is 0. The first kappa shape index (κ1) is 15.1. The van der Waals surface area contributed by atoms with E-state index in [1.165, 1.54) is 11.1 Å². The largest absolute Gasteiger partial charge is 0.456 e. The lowest BCUT2D eigenvalue weighted by Gasteiger charge is -2.16. The quantitative estimate of drug-likeness (QED) is 0.839. The van der Waals surface area contributed by atoms with Crippen molar-refractivity contribution < 1.29 is 4.74 Å². The van der Waals surface area contributed by atoms with Crippen molar-refractivity contribution in [3.63, 3.8) is 0 Å². The maximum Gasteiger partial charge on any atom is 0.141 e. The van der Waals surface area contributed by atoms with Gasteiger partial charge in [-0.1, -0.05) is 18.2 Å². The predicted molar refractivity (Wildman–Crippen MR) is 87.5 cm³/mol. The Morgan fingerprint density at radius 3 is 2.30 bits per heavy atom. The van der Waals surface area contributed by atoms with Gasteiger partial charge in [0.05, 0.1) is 4.47 Å². The molecule has 0 aliphatic rings. The summed E-state index contributed by atoms with van der Waals surface area (Å²) in [6, 6.07) is 10.2. The van der Waals surface area contributed by atoms with Gasteiger partial charge >= 0.3 is 0 Å². The zero-order valence-electron chi connectivity index (χ0n) is 12.3. The first-order chi connectivity index (χ1) is 9.40. The van der Waals surface area contributed by atoms with Crippen molar-refractivity contribution in [2.24, 2.45) is 5.73 Å². The molecule has 0 bridgehead atoms. The number of aryl methyl sites for hydroxylation is 2. The Hall–Kier alpha value is -1.32. The van der Waals surface area contributed by atoms with Crippen molar-refractivity contribution in [3.05, 3.63) is 57.1 Å². The van der Waals surface area contributed by atoms with Crippen LogP contribution in [0.15, 0.2) is 34.8 Å². The van der Waals surface area contributed by atoms with Gasteiger partial charge in [0.25, 0.3) is 0 Å². The van der Waals surface area contributed by atoms with Crippen LogP contribution in [0.2, 0.25) is 0 Å². The third-order valence-electron chi connectivity index (χ3n) is 3.57. The summed E-state index contributed by atoms with van der Waals surface area (Å²) in [5, 5.41) is 0. The summed E-state index contributed by atoms with van der Waals surface area (Å²) in [4.78, 5) is 0. The molecule has 0 aliphatic carbocycles. The van der Waals surface area contributed by atoms with Crippen molar-refractivity contribution in [2.75, 3.05) is 0 Å². The summed E-state index contributed by atoms with van der Waals surface area (Å²) in [6.45, 7) is 8.21. The number of hydrogen-bond acceptors (Lipinski definition) is 2. The fourth-order valence-corrected chi connectivity index (χ4v) is 2.55. The summed E-state index contributed by atoms with van der Waals surface area (Å²) in [7, 11) is 0. The molecule has 3 heteroatoms. The minimum absolute atomic E-state index is 0.0165. The van der Waals surface area contributed by atoms with E-state index in [9.17, 15) is 0 Å². The zero-order valence-corrected chi connectivity index (χ0v) is 13.9. The van der Waals surface area contributed by atoms with E-state index in [0.29, 0.717) is 0 Å². The van der Waals surface area contributed by atoms with Crippen molar-refractivity contribution in [3.8, 4) is 11.5 Å². The van der Waals surface area contributed by atoms with Crippen LogP contribution in [0.5, 0.6) is 11.5 Å². The second-order valence-corrected chi connectivity index (χ2v) is 6.09. The summed E-state index contributed by atoms with van der Waals surface area (Å²) in [5.74, 6) is 1.74. The van der Waals surface area contributed by atoms with Crippen LogP contribution in [0.4, 0.5) is 0 Å². The summed E-state index contributed by atoms with van der Waals surface area (Å²) in [5.41, 5.74) is 10.5. The second kappa shape index (κ2) is 5.98. The molecule has 0 aliphatic heterocycles. The normalized spacial score (nSPS) is 12.3. The monoisotopic (exact) mass is 333 g/mol. The van der Waals surface area contributed by atoms with Gasteiger partial charge in [-0.2, -0.15) is 0 Å². The van der Waals surface area contributed by atoms with Gasteiger partial charge in [0.1, 0.15) is 11.5 Å². The van der Waals surface area contributed by atoms with E-state index in [1.54, 1.807) is 0 Å². The number of hydrogen-bond donors (Lipinski definition) is 1. The van der Waals surface area contributed by atoms with Crippen LogP contribution >= 0.6 is 15.9 Å². The molecule has 0 radical (unpaired) electrons. The lowest BCUT2D eigenvalue weighted by Crippen LogP contribution is -2.04. The van der Waals surface area contributed by atoms with Crippen molar-refractivity contribution in [2.45, 2.75) is 33.7 Å². The summed E-state index contributed by atoms with van der Waals surface area (Å²) < 4.78 is 7.02. The Kier molecular flexibility index (Phi) is 4.51. The molecule has 2 rings (SSSR count). The van der Waals surface area contributed by atoms with Crippen LogP contribution in [0.1, 0.15) is 35.2 Å². The van der Waals surface area contributed by atoms with Crippen LogP contribution in [0.25, 0.3) is 0 Å². The highest BCUT2D eigenvalue weighted by molar-refractivity contribution is 9.10. The Morgan fingerprint density at radius 2 is 1.70 bits per heavy atom. The molecule has 2 aromatic carbocycles. The molecule has 0 amide bonds. The zero-order chi connectivity index (χ0) is 14.9. The fraction of sp³-hybridized carbons (Fsp3) is 0.294. The molecule has 0 heterocycles. The van der Waals surface area contributed by atoms with Crippen molar-refractivity contribution in [1.82, 2.24) is 0 Å². The molecular weight excluding hydrogens is 314 g/mol. The Bertz CT molecular complexity index is 635. The summed E-state index contributed by atoms with van der Waals surface area (Å²) >= 11 is 3.56. The molecule has 1 atom stereocenters. The molecule has 106 valence electrons. The van der Waals surface area contributed by atoms with E-state index in [4.69, 9.17) is 10.5 Å². The molecule has 0 fully saturated rings. The minimum atomic E-state index is 0.0165. The van der Waals surface area contributed by atoms with E-state index in [0.717, 1.165) is 27.1 Å². The third kappa shape index (κ3) is 3.05. The van der Waals surface area contributed by atoms with Crippen LogP contribution in [-0.4, -0.2) is 0 Å². The standard InChI is InChI=1S/C17H20BrNO/c1-10-5-6-11(2)17(12(10)3)20-16-8-7-14(13(4)19)9-15(16)18/h5-9,13H,19H2,1-4H3/t13-/m1/s1. The Morgan fingerprint density at radius 1 is 1.05 bits per heavy atom. The van der Waals surface area contributed by atoms with Gasteiger partial charge in [0, 0.05) is 6.04 Å². The molecule has 20 heavy (non-hydrogen) atoms. The molecular formula is C17H20BrNO. The smallest absolute Gasteiger partial charge is 0.141 e. The highest BCUT2D eigenvalue weighted by Crippen LogP contribution is 2.35. The first-order valence-electron chi connectivity index (χ1n) is 6.70. The third-order valence-corrected chi connectivity index (χ3v) is 4.19. The SMILES string of the molecule is Cc1ccc(C)c(Oc2ccc([C@@H](C)N)cc2Br)c1C. The number of nitrogens with two attached hydrogens (primary N) is 1. The molecule has 2 aromatic rings. The molecule has 0 spiro atoms. The van der Waals surface area contributed by atoms with E-state index in [-0.39, 0.29) is 6.04 Å². The maximum atomic E-state index is 6.10. The van der Waals surface area contributed by atoms with Gasteiger partial charge < -0.3 is 10.5 Å². The second-order valence-electron chi connectivity index (χ2n) is 5.23. The van der Waals surface area contributed by atoms with E-state index >= 15 is 0 Å². The average Bonchev–Trinajstić information content (AvgIpc) is 2.40. The lowest BCUT2D eigenvalue weighted by atomic mass is 10.1. The van der Waals surface area contributed by atoms with Crippen LogP contribution in [-0.2, 0) is 0 Å². The van der Waals surface area contributed by atoms with E-state index in [2.05, 4.69) is 48.8 Å². The van der Waals surface area contributed by atoms with Crippen molar-refractivity contribution in [1.29, 1.82) is 0 Å². The molecule has 0 aromatic heterocycles. The number of halogens is 1. The topological polar surface area (TPSA) is 35.2 Å². The van der Waals surface area contributed by atoms with Crippen molar-refractivity contribution >= 4 is 15.9 Å². The highest BCUT2D eigenvalue weighted by atomic mass is 79.9. The lowest BCUT2D eigenvalue weighted by molar-refractivity contribution is 0.471.